The highest BCUT2D eigenvalue weighted by Gasteiger charge is 2.22. The Morgan fingerprint density at radius 2 is 2.54 bits per heavy atom. The molecule has 70 valence electrons. The standard InChI is InChI=1S/C9H13N3O/c13-7-8-3-5-12(6-8)9-2-1-4-10-11-9/h1-2,4,8,13H,3,5-7H2/t8-/m1/s1. The number of rotatable bonds is 2. The van der Waals surface area contributed by atoms with Crippen LogP contribution in [0.4, 0.5) is 5.82 Å². The highest BCUT2D eigenvalue weighted by molar-refractivity contribution is 5.37. The first-order valence-corrected chi connectivity index (χ1v) is 4.53. The van der Waals surface area contributed by atoms with E-state index >= 15 is 0 Å². The lowest BCUT2D eigenvalue weighted by Crippen LogP contribution is -2.21. The lowest BCUT2D eigenvalue weighted by Gasteiger charge is -2.15. The number of hydrogen-bond acceptors (Lipinski definition) is 4. The van der Waals surface area contributed by atoms with Gasteiger partial charge in [-0.15, -0.1) is 5.10 Å². The van der Waals surface area contributed by atoms with E-state index in [2.05, 4.69) is 15.1 Å². The maximum atomic E-state index is 8.97. The van der Waals surface area contributed by atoms with Gasteiger partial charge in [-0.2, -0.15) is 5.10 Å². The SMILES string of the molecule is OC[C@@H]1CCN(c2cccnn2)C1. The summed E-state index contributed by atoms with van der Waals surface area (Å²) < 4.78 is 0. The van der Waals surface area contributed by atoms with Crippen molar-refractivity contribution in [2.45, 2.75) is 6.42 Å². The molecule has 0 saturated carbocycles. The van der Waals surface area contributed by atoms with Crippen LogP contribution in [0, 0.1) is 5.92 Å². The van der Waals surface area contributed by atoms with Gasteiger partial charge in [-0.05, 0) is 18.6 Å². The van der Waals surface area contributed by atoms with Crippen molar-refractivity contribution in [2.24, 2.45) is 5.92 Å². The van der Waals surface area contributed by atoms with Crippen LogP contribution in [0.15, 0.2) is 18.3 Å². The van der Waals surface area contributed by atoms with Gasteiger partial charge in [0.25, 0.3) is 0 Å². The highest BCUT2D eigenvalue weighted by Crippen LogP contribution is 2.20. The lowest BCUT2D eigenvalue weighted by molar-refractivity contribution is 0.238. The second-order valence-electron chi connectivity index (χ2n) is 3.37. The first-order chi connectivity index (χ1) is 6.40. The van der Waals surface area contributed by atoms with E-state index < -0.39 is 0 Å². The summed E-state index contributed by atoms with van der Waals surface area (Å²) in [5, 5.41) is 16.8. The Morgan fingerprint density at radius 3 is 3.15 bits per heavy atom. The summed E-state index contributed by atoms with van der Waals surface area (Å²) in [6, 6.07) is 3.83. The molecule has 1 fully saturated rings. The number of hydrogen-bond donors (Lipinski definition) is 1. The van der Waals surface area contributed by atoms with Crippen LogP contribution in [-0.2, 0) is 0 Å². The molecule has 0 radical (unpaired) electrons. The van der Waals surface area contributed by atoms with Crippen molar-refractivity contribution in [3.8, 4) is 0 Å². The van der Waals surface area contributed by atoms with Gasteiger partial charge in [0.05, 0.1) is 0 Å². The van der Waals surface area contributed by atoms with Crippen LogP contribution in [0.2, 0.25) is 0 Å². The molecule has 1 atom stereocenters. The zero-order valence-corrected chi connectivity index (χ0v) is 7.43. The number of aliphatic hydroxyl groups excluding tert-OH is 1. The van der Waals surface area contributed by atoms with Crippen LogP contribution >= 0.6 is 0 Å². The molecule has 0 spiro atoms. The fourth-order valence-corrected chi connectivity index (χ4v) is 1.65. The minimum Gasteiger partial charge on any atom is -0.396 e. The molecule has 1 N–H and O–H groups in total. The van der Waals surface area contributed by atoms with Crippen LogP contribution in [0.25, 0.3) is 0 Å². The van der Waals surface area contributed by atoms with Gasteiger partial charge in [0.2, 0.25) is 0 Å². The van der Waals surface area contributed by atoms with Crippen LogP contribution in [0.1, 0.15) is 6.42 Å². The lowest BCUT2D eigenvalue weighted by atomic mass is 10.1. The van der Waals surface area contributed by atoms with E-state index in [0.29, 0.717) is 5.92 Å². The van der Waals surface area contributed by atoms with Crippen molar-refractivity contribution in [2.75, 3.05) is 24.6 Å². The van der Waals surface area contributed by atoms with Gasteiger partial charge in [0.15, 0.2) is 5.82 Å². The van der Waals surface area contributed by atoms with Crippen molar-refractivity contribution in [3.05, 3.63) is 18.3 Å². The Hall–Kier alpha value is -1.16. The summed E-state index contributed by atoms with van der Waals surface area (Å²) in [6.45, 7) is 2.15. The average molecular weight is 179 g/mol. The summed E-state index contributed by atoms with van der Waals surface area (Å²) in [6.07, 6.45) is 2.72. The molecule has 4 heteroatoms. The van der Waals surface area contributed by atoms with Gasteiger partial charge >= 0.3 is 0 Å². The van der Waals surface area contributed by atoms with E-state index in [9.17, 15) is 0 Å². The van der Waals surface area contributed by atoms with E-state index in [1.165, 1.54) is 0 Å². The number of nitrogens with zero attached hydrogens (tertiary/aromatic N) is 3. The largest absolute Gasteiger partial charge is 0.396 e. The average Bonchev–Trinajstić information content (AvgIpc) is 2.67. The first-order valence-electron chi connectivity index (χ1n) is 4.53. The molecule has 4 nitrogen and oxygen atoms in total. The van der Waals surface area contributed by atoms with Crippen molar-refractivity contribution in [3.63, 3.8) is 0 Å². The third kappa shape index (κ3) is 1.78. The maximum absolute atomic E-state index is 8.97. The van der Waals surface area contributed by atoms with Crippen molar-refractivity contribution >= 4 is 5.82 Å². The van der Waals surface area contributed by atoms with Gasteiger partial charge < -0.3 is 10.0 Å². The fraction of sp³-hybridized carbons (Fsp3) is 0.556. The molecule has 0 bridgehead atoms. The summed E-state index contributed by atoms with van der Waals surface area (Å²) >= 11 is 0. The molecule has 2 heterocycles. The fourth-order valence-electron chi connectivity index (χ4n) is 1.65. The normalized spacial score (nSPS) is 22.2. The molecule has 0 amide bonds. The molecule has 2 rings (SSSR count). The summed E-state index contributed by atoms with van der Waals surface area (Å²) in [5.41, 5.74) is 0. The molecule has 1 aromatic heterocycles. The Kier molecular flexibility index (Phi) is 2.40. The number of aromatic nitrogens is 2. The Labute approximate surface area is 77.2 Å². The van der Waals surface area contributed by atoms with Gasteiger partial charge in [-0.3, -0.25) is 0 Å². The highest BCUT2D eigenvalue weighted by atomic mass is 16.3. The predicted molar refractivity (Wildman–Crippen MR) is 49.4 cm³/mol. The van der Waals surface area contributed by atoms with Crippen LogP contribution in [-0.4, -0.2) is 35.0 Å². The van der Waals surface area contributed by atoms with E-state index in [1.54, 1.807) is 6.20 Å². The topological polar surface area (TPSA) is 49.2 Å². The van der Waals surface area contributed by atoms with Crippen LogP contribution < -0.4 is 4.90 Å². The molecule has 1 aromatic rings. The molecule has 1 aliphatic rings. The van der Waals surface area contributed by atoms with Crippen LogP contribution in [0.3, 0.4) is 0 Å². The molecule has 1 aliphatic heterocycles. The third-order valence-corrected chi connectivity index (χ3v) is 2.43. The van der Waals surface area contributed by atoms with Gasteiger partial charge in [-0.25, -0.2) is 0 Å². The number of anilines is 1. The van der Waals surface area contributed by atoms with E-state index in [0.717, 1.165) is 25.3 Å². The molecule has 0 aromatic carbocycles. The molecule has 0 unspecified atom stereocenters. The predicted octanol–water partition coefficient (Wildman–Crippen LogP) is 0.295. The second kappa shape index (κ2) is 3.70. The molecule has 0 aliphatic carbocycles. The monoisotopic (exact) mass is 179 g/mol. The first kappa shape index (κ1) is 8.44. The second-order valence-corrected chi connectivity index (χ2v) is 3.37. The van der Waals surface area contributed by atoms with Crippen molar-refractivity contribution in [1.29, 1.82) is 0 Å². The molecule has 1 saturated heterocycles. The Balaban J connectivity index is 2.04. The van der Waals surface area contributed by atoms with Gasteiger partial charge in [-0.1, -0.05) is 0 Å². The van der Waals surface area contributed by atoms with E-state index in [-0.39, 0.29) is 6.61 Å². The third-order valence-electron chi connectivity index (χ3n) is 2.43. The minimum absolute atomic E-state index is 0.275. The summed E-state index contributed by atoms with van der Waals surface area (Å²) in [7, 11) is 0. The number of aliphatic hydroxyl groups is 1. The summed E-state index contributed by atoms with van der Waals surface area (Å²) in [4.78, 5) is 2.16. The maximum Gasteiger partial charge on any atom is 0.151 e. The Morgan fingerprint density at radius 1 is 1.62 bits per heavy atom. The van der Waals surface area contributed by atoms with E-state index in [4.69, 9.17) is 5.11 Å². The molecule has 13 heavy (non-hydrogen) atoms. The quantitative estimate of drug-likeness (QED) is 0.709. The van der Waals surface area contributed by atoms with Crippen molar-refractivity contribution < 1.29 is 5.11 Å². The van der Waals surface area contributed by atoms with Crippen LogP contribution in [0.5, 0.6) is 0 Å². The zero-order chi connectivity index (χ0) is 9.10. The molecular weight excluding hydrogens is 166 g/mol. The van der Waals surface area contributed by atoms with E-state index in [1.807, 2.05) is 12.1 Å². The van der Waals surface area contributed by atoms with Crippen molar-refractivity contribution in [1.82, 2.24) is 10.2 Å². The minimum atomic E-state index is 0.275. The Bertz CT molecular complexity index is 265. The zero-order valence-electron chi connectivity index (χ0n) is 7.43. The summed E-state index contributed by atoms with van der Waals surface area (Å²) in [5.74, 6) is 1.32. The van der Waals surface area contributed by atoms with Gasteiger partial charge in [0.1, 0.15) is 0 Å². The molecular formula is C9H13N3O. The van der Waals surface area contributed by atoms with Gasteiger partial charge in [0, 0.05) is 31.8 Å². The smallest absolute Gasteiger partial charge is 0.151 e.